The molecule has 0 radical (unpaired) electrons. The van der Waals surface area contributed by atoms with Gasteiger partial charge in [0.05, 0.1) is 0 Å². The van der Waals surface area contributed by atoms with Crippen LogP contribution in [0.4, 0.5) is 4.39 Å². The molecule has 3 fully saturated rings. The Balaban J connectivity index is 1.37. The van der Waals surface area contributed by atoms with Crippen LogP contribution in [0, 0.1) is 25.1 Å². The summed E-state index contributed by atoms with van der Waals surface area (Å²) in [5, 5.41) is 0. The van der Waals surface area contributed by atoms with E-state index in [0.717, 1.165) is 6.42 Å². The molecule has 1 spiro atoms. The third-order valence-electron chi connectivity index (χ3n) is 7.93. The van der Waals surface area contributed by atoms with Crippen molar-refractivity contribution in [1.82, 2.24) is 4.90 Å². The second-order valence-electron chi connectivity index (χ2n) is 8.73. The summed E-state index contributed by atoms with van der Waals surface area (Å²) in [5.41, 5.74) is 7.58. The molecule has 1 aliphatic heterocycles. The maximum Gasteiger partial charge on any atom is 0.123 e. The van der Waals surface area contributed by atoms with E-state index in [1.165, 1.54) is 40.7 Å². The lowest BCUT2D eigenvalue weighted by Crippen LogP contribution is -2.66. The van der Waals surface area contributed by atoms with Gasteiger partial charge < -0.3 is 0 Å². The monoisotopic (exact) mass is 349 g/mol. The molecule has 1 heterocycles. The van der Waals surface area contributed by atoms with Crippen molar-refractivity contribution in [3.63, 3.8) is 0 Å². The Bertz CT molecular complexity index is 888. The van der Waals surface area contributed by atoms with Gasteiger partial charge in [-0.25, -0.2) is 4.39 Å². The minimum absolute atomic E-state index is 0.0915. The van der Waals surface area contributed by atoms with Crippen LogP contribution in [0.5, 0.6) is 0 Å². The first-order valence-corrected chi connectivity index (χ1v) is 10.1. The lowest BCUT2D eigenvalue weighted by molar-refractivity contribution is -0.108. The second kappa shape index (κ2) is 5.42. The molecule has 2 saturated carbocycles. The fourth-order valence-electron chi connectivity index (χ4n) is 6.26. The quantitative estimate of drug-likeness (QED) is 0.685. The van der Waals surface area contributed by atoms with Crippen molar-refractivity contribution in [2.24, 2.45) is 5.41 Å². The zero-order chi connectivity index (χ0) is 18.2. The molecule has 2 aromatic rings. The number of aryl methyl sites for hydroxylation is 1. The Morgan fingerprint density at radius 2 is 1.96 bits per heavy atom. The van der Waals surface area contributed by atoms with Crippen LogP contribution >= 0.6 is 0 Å². The summed E-state index contributed by atoms with van der Waals surface area (Å²) in [6.45, 7) is 9.17. The van der Waals surface area contributed by atoms with E-state index < -0.39 is 0 Å². The topological polar surface area (TPSA) is 3.24 Å². The predicted molar refractivity (Wildman–Crippen MR) is 104 cm³/mol. The normalized spacial score (nSPS) is 32.9. The SMILES string of the molecule is CCc1ccc(C(C)N2C3CC(c4cccc(F)c4)C34CC24)c(C)c1C. The minimum atomic E-state index is -0.0915. The first-order chi connectivity index (χ1) is 12.5. The number of halogens is 1. The molecule has 26 heavy (non-hydrogen) atoms. The summed E-state index contributed by atoms with van der Waals surface area (Å²) < 4.78 is 13.6. The number of rotatable bonds is 4. The molecular formula is C24H28FN. The second-order valence-corrected chi connectivity index (χ2v) is 8.73. The lowest BCUT2D eigenvalue weighted by Gasteiger charge is -2.62. The Labute approximate surface area is 156 Å². The van der Waals surface area contributed by atoms with Gasteiger partial charge in [-0.05, 0) is 85.9 Å². The lowest BCUT2D eigenvalue weighted by atomic mass is 9.57. The fraction of sp³-hybridized carbons (Fsp3) is 0.500. The molecule has 1 nitrogen and oxygen atoms in total. The maximum atomic E-state index is 13.6. The zero-order valence-electron chi connectivity index (χ0n) is 16.2. The molecule has 0 aromatic heterocycles. The van der Waals surface area contributed by atoms with Crippen LogP contribution in [0.3, 0.4) is 0 Å². The Kier molecular flexibility index (Phi) is 3.44. The van der Waals surface area contributed by atoms with Gasteiger partial charge in [0.25, 0.3) is 0 Å². The zero-order valence-corrected chi connectivity index (χ0v) is 16.2. The standard InChI is InChI=1S/C24H28FN/c1-5-17-9-10-20(15(3)14(17)2)16(4)26-22-12-21(24(22)13-23(24)26)18-7-6-8-19(25)11-18/h6-11,16,21-23H,5,12-13H2,1-4H3. The van der Waals surface area contributed by atoms with Crippen molar-refractivity contribution >= 4 is 0 Å². The number of hydrogen-bond acceptors (Lipinski definition) is 1. The molecule has 0 bridgehead atoms. The van der Waals surface area contributed by atoms with Crippen LogP contribution in [-0.2, 0) is 6.42 Å². The van der Waals surface area contributed by atoms with E-state index in [4.69, 9.17) is 0 Å². The van der Waals surface area contributed by atoms with Crippen LogP contribution < -0.4 is 0 Å². The number of benzene rings is 2. The molecule has 5 rings (SSSR count). The van der Waals surface area contributed by atoms with E-state index in [2.05, 4.69) is 50.8 Å². The smallest absolute Gasteiger partial charge is 0.123 e. The van der Waals surface area contributed by atoms with E-state index in [9.17, 15) is 4.39 Å². The molecule has 0 amide bonds. The van der Waals surface area contributed by atoms with Crippen molar-refractivity contribution < 1.29 is 4.39 Å². The maximum absolute atomic E-state index is 13.6. The molecule has 136 valence electrons. The summed E-state index contributed by atoms with van der Waals surface area (Å²) in [6.07, 6.45) is 3.60. The van der Waals surface area contributed by atoms with E-state index in [1.807, 2.05) is 6.07 Å². The molecule has 0 N–H and O–H groups in total. The van der Waals surface area contributed by atoms with E-state index in [1.54, 1.807) is 12.1 Å². The molecule has 2 heteroatoms. The summed E-state index contributed by atoms with van der Waals surface area (Å²) in [6, 6.07) is 13.9. The van der Waals surface area contributed by atoms with Gasteiger partial charge in [0.15, 0.2) is 0 Å². The highest BCUT2D eigenvalue weighted by molar-refractivity contribution is 5.46. The van der Waals surface area contributed by atoms with Crippen molar-refractivity contribution in [3.8, 4) is 0 Å². The van der Waals surface area contributed by atoms with Crippen LogP contribution in [0.2, 0.25) is 0 Å². The summed E-state index contributed by atoms with van der Waals surface area (Å²) in [4.78, 5) is 2.75. The molecule has 2 aliphatic carbocycles. The van der Waals surface area contributed by atoms with Crippen LogP contribution in [0.15, 0.2) is 36.4 Å². The Hall–Kier alpha value is -1.67. The van der Waals surface area contributed by atoms with E-state index in [-0.39, 0.29) is 5.82 Å². The molecule has 2 aromatic carbocycles. The molecule has 3 aliphatic rings. The number of likely N-dealkylation sites (tertiary alicyclic amines) is 1. The van der Waals surface area contributed by atoms with Crippen molar-refractivity contribution in [3.05, 3.63) is 70.0 Å². The van der Waals surface area contributed by atoms with Gasteiger partial charge in [-0.3, -0.25) is 4.90 Å². The largest absolute Gasteiger partial charge is 0.289 e. The number of piperidine rings is 1. The van der Waals surface area contributed by atoms with Gasteiger partial charge in [0, 0.05) is 23.5 Å². The van der Waals surface area contributed by atoms with Crippen molar-refractivity contribution in [2.75, 3.05) is 0 Å². The summed E-state index contributed by atoms with van der Waals surface area (Å²) >= 11 is 0. The van der Waals surface area contributed by atoms with Gasteiger partial charge in [-0.1, -0.05) is 31.2 Å². The average molecular weight is 349 g/mol. The van der Waals surface area contributed by atoms with E-state index >= 15 is 0 Å². The predicted octanol–water partition coefficient (Wildman–Crippen LogP) is 5.70. The van der Waals surface area contributed by atoms with Crippen molar-refractivity contribution in [1.29, 1.82) is 0 Å². The van der Waals surface area contributed by atoms with Gasteiger partial charge in [-0.2, -0.15) is 0 Å². The first-order valence-electron chi connectivity index (χ1n) is 10.1. The summed E-state index contributed by atoms with van der Waals surface area (Å²) in [5.74, 6) is 0.480. The van der Waals surface area contributed by atoms with Gasteiger partial charge in [0.2, 0.25) is 0 Å². The minimum Gasteiger partial charge on any atom is -0.289 e. The van der Waals surface area contributed by atoms with Crippen molar-refractivity contribution in [2.45, 2.75) is 71.0 Å². The highest BCUT2D eigenvalue weighted by Crippen LogP contribution is 2.80. The molecule has 1 saturated heterocycles. The fourth-order valence-corrected chi connectivity index (χ4v) is 6.26. The van der Waals surface area contributed by atoms with Crippen LogP contribution in [0.25, 0.3) is 0 Å². The first kappa shape index (κ1) is 16.5. The third kappa shape index (κ3) is 1.94. The van der Waals surface area contributed by atoms with Gasteiger partial charge >= 0.3 is 0 Å². The van der Waals surface area contributed by atoms with E-state index in [0.29, 0.717) is 29.5 Å². The highest BCUT2D eigenvalue weighted by Gasteiger charge is 2.81. The Morgan fingerprint density at radius 3 is 2.65 bits per heavy atom. The molecular weight excluding hydrogens is 321 g/mol. The van der Waals surface area contributed by atoms with Crippen LogP contribution in [0.1, 0.15) is 66.5 Å². The third-order valence-corrected chi connectivity index (χ3v) is 7.93. The number of hydrogen-bond donors (Lipinski definition) is 0. The highest BCUT2D eigenvalue weighted by atomic mass is 19.1. The Morgan fingerprint density at radius 1 is 1.15 bits per heavy atom. The molecule has 5 unspecified atom stereocenters. The van der Waals surface area contributed by atoms with Gasteiger partial charge in [0.1, 0.15) is 5.82 Å². The summed E-state index contributed by atoms with van der Waals surface area (Å²) in [7, 11) is 0. The molecule has 5 atom stereocenters. The van der Waals surface area contributed by atoms with Crippen LogP contribution in [-0.4, -0.2) is 17.0 Å². The number of nitrogens with zero attached hydrogens (tertiary/aromatic N) is 1. The average Bonchev–Trinajstić information content (AvgIpc) is 3.34. The van der Waals surface area contributed by atoms with Gasteiger partial charge in [-0.15, -0.1) is 0 Å².